The molecule has 2 saturated heterocycles. The first kappa shape index (κ1) is 26.8. The Kier molecular flexibility index (Phi) is 7.31. The van der Waals surface area contributed by atoms with Crippen LogP contribution in [0, 0.1) is 11.6 Å². The van der Waals surface area contributed by atoms with Crippen molar-refractivity contribution >= 4 is 39.1 Å². The molecule has 0 unspecified atom stereocenters. The topological polar surface area (TPSA) is 106 Å². The Morgan fingerprint density at radius 3 is 2.33 bits per heavy atom. The number of piperazine rings is 1. The standard InChI is InChI=1S/C27H32F2N8O2S/c1-34-6-8-36(9-7-34)25-3-2-20(17-30-25)32-27-31-16-19-4-5-37(26(19)33-27)21-14-23(28)22(24(29)15-21)18-35-10-12-40(38,39)13-11-35/h2-5,14-17,38-39H,6-13,18H2,1H3,(H,31,32,33). The second-order valence-electron chi connectivity index (χ2n) is 10.4. The Hall–Kier alpha value is -3.36. The van der Waals surface area contributed by atoms with Crippen molar-refractivity contribution in [3.63, 3.8) is 0 Å². The van der Waals surface area contributed by atoms with Crippen molar-refractivity contribution in [1.82, 2.24) is 29.3 Å². The maximum Gasteiger partial charge on any atom is 0.229 e. The molecule has 0 spiro atoms. The molecule has 4 aromatic rings. The number of hydrogen-bond acceptors (Lipinski definition) is 9. The predicted octanol–water partition coefficient (Wildman–Crippen LogP) is 4.16. The van der Waals surface area contributed by atoms with Gasteiger partial charge < -0.3 is 19.7 Å². The smallest absolute Gasteiger partial charge is 0.229 e. The third kappa shape index (κ3) is 5.74. The van der Waals surface area contributed by atoms with Gasteiger partial charge in [0.05, 0.1) is 29.1 Å². The maximum absolute atomic E-state index is 15.1. The van der Waals surface area contributed by atoms with Crippen LogP contribution in [0.1, 0.15) is 5.56 Å². The summed E-state index contributed by atoms with van der Waals surface area (Å²) in [6, 6.07) is 8.29. The van der Waals surface area contributed by atoms with Crippen molar-refractivity contribution < 1.29 is 17.9 Å². The molecule has 0 bridgehead atoms. The summed E-state index contributed by atoms with van der Waals surface area (Å²) in [6.07, 6.45) is 5.11. The lowest BCUT2D eigenvalue weighted by Crippen LogP contribution is -2.44. The first-order valence-corrected chi connectivity index (χ1v) is 15.1. The van der Waals surface area contributed by atoms with Crippen LogP contribution in [0.5, 0.6) is 0 Å². The van der Waals surface area contributed by atoms with Gasteiger partial charge >= 0.3 is 0 Å². The minimum absolute atomic E-state index is 0.0388. The average Bonchev–Trinajstić information content (AvgIpc) is 3.36. The number of pyridine rings is 1. The summed E-state index contributed by atoms with van der Waals surface area (Å²) in [6.45, 7) is 4.70. The molecule has 212 valence electrons. The molecule has 3 aromatic heterocycles. The van der Waals surface area contributed by atoms with E-state index in [1.807, 2.05) is 17.0 Å². The molecule has 13 heteroatoms. The average molecular weight is 571 g/mol. The number of rotatable bonds is 6. The van der Waals surface area contributed by atoms with Crippen LogP contribution in [-0.4, -0.2) is 96.2 Å². The highest BCUT2D eigenvalue weighted by Crippen LogP contribution is 2.40. The van der Waals surface area contributed by atoms with E-state index in [0.717, 1.165) is 43.1 Å². The van der Waals surface area contributed by atoms with Gasteiger partial charge in [0, 0.05) is 69.2 Å². The normalized spacial score (nSPS) is 19.2. The Bertz CT molecular complexity index is 1480. The first-order valence-electron chi connectivity index (χ1n) is 13.2. The van der Waals surface area contributed by atoms with Gasteiger partial charge in [-0.25, -0.2) is 18.7 Å². The van der Waals surface area contributed by atoms with Crippen LogP contribution in [0.2, 0.25) is 0 Å². The highest BCUT2D eigenvalue weighted by atomic mass is 32.3. The molecular weight excluding hydrogens is 538 g/mol. The number of likely N-dealkylation sites (N-methyl/N-ethyl adjacent to an activating group) is 1. The fourth-order valence-corrected chi connectivity index (χ4v) is 6.33. The van der Waals surface area contributed by atoms with Crippen molar-refractivity contribution in [2.24, 2.45) is 0 Å². The van der Waals surface area contributed by atoms with Crippen LogP contribution in [-0.2, 0) is 6.54 Å². The van der Waals surface area contributed by atoms with Gasteiger partial charge in [-0.05, 0) is 37.4 Å². The Balaban J connectivity index is 1.19. The summed E-state index contributed by atoms with van der Waals surface area (Å²) in [7, 11) is -0.458. The molecule has 1 aromatic carbocycles. The fraction of sp³-hybridized carbons (Fsp3) is 0.370. The minimum atomic E-state index is -2.57. The lowest BCUT2D eigenvalue weighted by atomic mass is 10.1. The van der Waals surface area contributed by atoms with Crippen LogP contribution >= 0.6 is 10.6 Å². The number of aromatic nitrogens is 4. The summed E-state index contributed by atoms with van der Waals surface area (Å²) in [5.74, 6) is 0.385. The van der Waals surface area contributed by atoms with Gasteiger partial charge in [-0.1, -0.05) is 0 Å². The number of hydrogen-bond donors (Lipinski definition) is 3. The molecule has 10 nitrogen and oxygen atoms in total. The maximum atomic E-state index is 15.1. The zero-order chi connectivity index (χ0) is 27.9. The van der Waals surface area contributed by atoms with E-state index in [9.17, 15) is 9.11 Å². The zero-order valence-corrected chi connectivity index (χ0v) is 23.0. The Morgan fingerprint density at radius 2 is 1.65 bits per heavy atom. The van der Waals surface area contributed by atoms with Gasteiger partial charge in [-0.2, -0.15) is 15.6 Å². The SMILES string of the molecule is CN1CCN(c2ccc(Nc3ncc4ccn(-c5cc(F)c(CN6CCS(O)(O)CC6)c(F)c5)c4n3)cn2)CC1. The number of anilines is 3. The number of fused-ring (bicyclic) bond motifs is 1. The van der Waals surface area contributed by atoms with Crippen molar-refractivity contribution in [1.29, 1.82) is 0 Å². The van der Waals surface area contributed by atoms with Gasteiger partial charge in [0.25, 0.3) is 0 Å². The van der Waals surface area contributed by atoms with Crippen molar-refractivity contribution in [3.8, 4) is 5.69 Å². The number of benzene rings is 1. The van der Waals surface area contributed by atoms with Crippen molar-refractivity contribution in [2.75, 3.05) is 68.0 Å². The monoisotopic (exact) mass is 570 g/mol. The third-order valence-corrected chi connectivity index (χ3v) is 9.19. The van der Waals surface area contributed by atoms with Gasteiger partial charge in [0.2, 0.25) is 5.95 Å². The highest BCUT2D eigenvalue weighted by Gasteiger charge is 2.24. The molecule has 3 N–H and O–H groups in total. The third-order valence-electron chi connectivity index (χ3n) is 7.51. The molecule has 40 heavy (non-hydrogen) atoms. The predicted molar refractivity (Wildman–Crippen MR) is 154 cm³/mol. The Labute approximate surface area is 232 Å². The van der Waals surface area contributed by atoms with E-state index in [4.69, 9.17) is 0 Å². The van der Waals surface area contributed by atoms with Crippen LogP contribution in [0.25, 0.3) is 16.7 Å². The summed E-state index contributed by atoms with van der Waals surface area (Å²) in [4.78, 5) is 20.0. The highest BCUT2D eigenvalue weighted by molar-refractivity contribution is 8.24. The van der Waals surface area contributed by atoms with Gasteiger partial charge in [0.15, 0.2) is 0 Å². The van der Waals surface area contributed by atoms with Gasteiger partial charge in [-0.3, -0.25) is 14.0 Å². The number of nitrogens with zero attached hydrogens (tertiary/aromatic N) is 7. The van der Waals surface area contributed by atoms with E-state index in [-0.39, 0.29) is 23.6 Å². The number of nitrogens with one attached hydrogen (secondary N) is 1. The Morgan fingerprint density at radius 1 is 0.925 bits per heavy atom. The van der Waals surface area contributed by atoms with E-state index in [0.29, 0.717) is 30.4 Å². The van der Waals surface area contributed by atoms with Crippen molar-refractivity contribution in [3.05, 3.63) is 66.1 Å². The summed E-state index contributed by atoms with van der Waals surface area (Å²) < 4.78 is 51.5. The van der Waals surface area contributed by atoms with Crippen LogP contribution in [0.15, 0.2) is 48.9 Å². The van der Waals surface area contributed by atoms with Crippen LogP contribution in [0.4, 0.5) is 26.2 Å². The summed E-state index contributed by atoms with van der Waals surface area (Å²) in [5.41, 5.74) is 1.51. The summed E-state index contributed by atoms with van der Waals surface area (Å²) >= 11 is 0. The van der Waals surface area contributed by atoms with E-state index >= 15 is 8.78 Å². The molecule has 2 aliphatic rings. The number of halogens is 2. The van der Waals surface area contributed by atoms with Gasteiger partial charge in [-0.15, -0.1) is 0 Å². The molecule has 0 amide bonds. The zero-order valence-electron chi connectivity index (χ0n) is 22.2. The lowest BCUT2D eigenvalue weighted by molar-refractivity contribution is 0.270. The quantitative estimate of drug-likeness (QED) is 0.315. The molecule has 0 radical (unpaired) electrons. The van der Waals surface area contributed by atoms with Crippen LogP contribution < -0.4 is 10.2 Å². The molecule has 0 saturated carbocycles. The van der Waals surface area contributed by atoms with Gasteiger partial charge in [0.1, 0.15) is 23.1 Å². The largest absolute Gasteiger partial charge is 0.354 e. The molecule has 6 rings (SSSR count). The molecule has 2 aliphatic heterocycles. The molecule has 0 aliphatic carbocycles. The van der Waals surface area contributed by atoms with E-state index in [1.54, 1.807) is 29.2 Å². The second-order valence-corrected chi connectivity index (χ2v) is 12.8. The molecule has 0 atom stereocenters. The van der Waals surface area contributed by atoms with E-state index < -0.39 is 22.2 Å². The molecule has 5 heterocycles. The second kappa shape index (κ2) is 10.9. The fourth-order valence-electron chi connectivity index (χ4n) is 5.02. The minimum Gasteiger partial charge on any atom is -0.354 e. The van der Waals surface area contributed by atoms with Crippen LogP contribution in [0.3, 0.4) is 0 Å². The van der Waals surface area contributed by atoms with E-state index in [1.165, 1.54) is 12.1 Å². The summed E-state index contributed by atoms with van der Waals surface area (Å²) in [5, 5.41) is 3.90. The van der Waals surface area contributed by atoms with Crippen molar-refractivity contribution in [2.45, 2.75) is 6.54 Å². The molecule has 2 fully saturated rings. The first-order chi connectivity index (χ1) is 19.2. The van der Waals surface area contributed by atoms with E-state index in [2.05, 4.69) is 37.1 Å². The molecular formula is C27H32F2N8O2S. The lowest BCUT2D eigenvalue weighted by Gasteiger charge is -2.41.